The topological polar surface area (TPSA) is 67.2 Å². The van der Waals surface area contributed by atoms with Gasteiger partial charge in [-0.05, 0) is 25.0 Å². The van der Waals surface area contributed by atoms with Crippen LogP contribution >= 0.6 is 11.6 Å². The quantitative estimate of drug-likeness (QED) is 0.921. The second-order valence-electron chi connectivity index (χ2n) is 5.77. The van der Waals surface area contributed by atoms with Crippen molar-refractivity contribution in [2.45, 2.75) is 12.8 Å². The van der Waals surface area contributed by atoms with Crippen molar-refractivity contribution < 1.29 is 4.79 Å². The average Bonchev–Trinajstić information content (AvgIpc) is 2.64. The summed E-state index contributed by atoms with van der Waals surface area (Å²) < 4.78 is 1.29. The van der Waals surface area contributed by atoms with Crippen LogP contribution < -0.4 is 15.8 Å². The Morgan fingerprint density at radius 1 is 1.25 bits per heavy atom. The van der Waals surface area contributed by atoms with Crippen LogP contribution in [-0.2, 0) is 4.79 Å². The summed E-state index contributed by atoms with van der Waals surface area (Å²) >= 11 is 6.31. The summed E-state index contributed by atoms with van der Waals surface area (Å²) in [5, 5.41) is 7.10. The molecule has 1 aliphatic heterocycles. The first kappa shape index (κ1) is 16.5. The van der Waals surface area contributed by atoms with Gasteiger partial charge in [-0.15, -0.1) is 0 Å². The number of halogens is 1. The molecule has 0 atom stereocenters. The molecule has 1 aliphatic rings. The third kappa shape index (κ3) is 3.14. The molecular weight excluding hydrogens is 328 g/mol. The summed E-state index contributed by atoms with van der Waals surface area (Å²) in [5.41, 5.74) is 0.965. The highest BCUT2D eigenvalue weighted by atomic mass is 35.5. The molecule has 0 radical (unpaired) electrons. The third-order valence-corrected chi connectivity index (χ3v) is 4.71. The normalized spacial score (nSPS) is 15.3. The second kappa shape index (κ2) is 7.05. The fourth-order valence-corrected chi connectivity index (χ4v) is 3.23. The van der Waals surface area contributed by atoms with E-state index in [1.807, 2.05) is 23.1 Å². The molecule has 3 rings (SSSR count). The van der Waals surface area contributed by atoms with Crippen LogP contribution in [0, 0.1) is 5.92 Å². The molecule has 7 heteroatoms. The van der Waals surface area contributed by atoms with Crippen LogP contribution in [0.4, 0.5) is 5.69 Å². The van der Waals surface area contributed by atoms with Gasteiger partial charge in [0.25, 0.3) is 5.56 Å². The molecule has 0 saturated carbocycles. The Hall–Kier alpha value is -2.34. The standard InChI is InChI=1S/C17H19ClN4O2/c1-19-16(23)12-7-9-21(10-8-12)14-11-20-22(17(24)15(14)18)13-5-3-2-4-6-13/h2-6,11-12H,7-10H2,1H3,(H,19,23). The van der Waals surface area contributed by atoms with Crippen molar-refractivity contribution in [1.29, 1.82) is 0 Å². The van der Waals surface area contributed by atoms with E-state index < -0.39 is 0 Å². The lowest BCUT2D eigenvalue weighted by Gasteiger charge is -2.32. The number of carbonyl (C=O) groups excluding carboxylic acids is 1. The number of para-hydroxylation sites is 1. The number of anilines is 1. The zero-order chi connectivity index (χ0) is 17.1. The lowest BCUT2D eigenvalue weighted by Crippen LogP contribution is -2.40. The van der Waals surface area contributed by atoms with E-state index in [4.69, 9.17) is 11.6 Å². The smallest absolute Gasteiger partial charge is 0.292 e. The Morgan fingerprint density at radius 3 is 2.54 bits per heavy atom. The van der Waals surface area contributed by atoms with Gasteiger partial charge in [-0.1, -0.05) is 29.8 Å². The number of nitrogens with zero attached hydrogens (tertiary/aromatic N) is 3. The zero-order valence-corrected chi connectivity index (χ0v) is 14.2. The van der Waals surface area contributed by atoms with Crippen LogP contribution in [0.3, 0.4) is 0 Å². The van der Waals surface area contributed by atoms with Gasteiger partial charge < -0.3 is 10.2 Å². The molecule has 1 fully saturated rings. The Balaban J connectivity index is 1.83. The summed E-state index contributed by atoms with van der Waals surface area (Å²) in [6, 6.07) is 9.17. The Labute approximate surface area is 145 Å². The number of hydrogen-bond acceptors (Lipinski definition) is 4. The minimum atomic E-state index is -0.339. The number of amides is 1. The summed E-state index contributed by atoms with van der Waals surface area (Å²) in [6.45, 7) is 1.35. The fourth-order valence-electron chi connectivity index (χ4n) is 2.98. The van der Waals surface area contributed by atoms with E-state index in [-0.39, 0.29) is 22.4 Å². The first-order valence-corrected chi connectivity index (χ1v) is 8.29. The van der Waals surface area contributed by atoms with Gasteiger partial charge in [-0.25, -0.2) is 0 Å². The summed E-state index contributed by atoms with van der Waals surface area (Å²) in [6.07, 6.45) is 3.09. The number of carbonyl (C=O) groups is 1. The van der Waals surface area contributed by atoms with Crippen LogP contribution in [0.2, 0.25) is 5.02 Å². The molecule has 0 spiro atoms. The fraction of sp³-hybridized carbons (Fsp3) is 0.353. The Bertz CT molecular complexity index is 783. The van der Waals surface area contributed by atoms with E-state index in [1.165, 1.54) is 4.68 Å². The Morgan fingerprint density at radius 2 is 1.92 bits per heavy atom. The summed E-state index contributed by atoms with van der Waals surface area (Å²) in [7, 11) is 1.65. The van der Waals surface area contributed by atoms with E-state index in [0.717, 1.165) is 12.8 Å². The van der Waals surface area contributed by atoms with E-state index in [1.54, 1.807) is 25.4 Å². The number of nitrogens with one attached hydrogen (secondary N) is 1. The molecule has 1 amide bonds. The number of piperidine rings is 1. The maximum absolute atomic E-state index is 12.5. The van der Waals surface area contributed by atoms with Gasteiger partial charge in [0.15, 0.2) is 0 Å². The molecule has 126 valence electrons. The van der Waals surface area contributed by atoms with Crippen LogP contribution in [0.1, 0.15) is 12.8 Å². The molecule has 0 unspecified atom stereocenters. The molecule has 1 aromatic carbocycles. The van der Waals surface area contributed by atoms with E-state index in [9.17, 15) is 9.59 Å². The molecule has 1 N–H and O–H groups in total. The maximum atomic E-state index is 12.5. The minimum absolute atomic E-state index is 0.0164. The number of aromatic nitrogens is 2. The van der Waals surface area contributed by atoms with Crippen LogP contribution in [0.15, 0.2) is 41.3 Å². The predicted molar refractivity (Wildman–Crippen MR) is 93.8 cm³/mol. The number of rotatable bonds is 3. The molecule has 0 aliphatic carbocycles. The van der Waals surface area contributed by atoms with Crippen molar-refractivity contribution >= 4 is 23.2 Å². The largest absolute Gasteiger partial charge is 0.369 e. The molecule has 2 aromatic rings. The van der Waals surface area contributed by atoms with Crippen molar-refractivity contribution in [3.63, 3.8) is 0 Å². The van der Waals surface area contributed by atoms with Crippen LogP contribution in [0.5, 0.6) is 0 Å². The van der Waals surface area contributed by atoms with Gasteiger partial charge in [0.2, 0.25) is 5.91 Å². The first-order chi connectivity index (χ1) is 11.6. The predicted octanol–water partition coefficient (Wildman–Crippen LogP) is 1.85. The van der Waals surface area contributed by atoms with E-state index >= 15 is 0 Å². The molecule has 1 aromatic heterocycles. The zero-order valence-electron chi connectivity index (χ0n) is 13.4. The summed E-state index contributed by atoms with van der Waals surface area (Å²) in [5.74, 6) is 0.0843. The lowest BCUT2D eigenvalue weighted by atomic mass is 9.96. The van der Waals surface area contributed by atoms with Crippen LogP contribution in [-0.4, -0.2) is 35.8 Å². The van der Waals surface area contributed by atoms with E-state index in [2.05, 4.69) is 10.4 Å². The monoisotopic (exact) mass is 346 g/mol. The van der Waals surface area contributed by atoms with Crippen molar-refractivity contribution in [3.05, 3.63) is 51.9 Å². The third-order valence-electron chi connectivity index (χ3n) is 4.35. The van der Waals surface area contributed by atoms with Crippen LogP contribution in [0.25, 0.3) is 5.69 Å². The molecule has 1 saturated heterocycles. The molecule has 6 nitrogen and oxygen atoms in total. The van der Waals surface area contributed by atoms with Gasteiger partial charge in [0.1, 0.15) is 5.02 Å². The van der Waals surface area contributed by atoms with E-state index in [0.29, 0.717) is 24.5 Å². The van der Waals surface area contributed by atoms with Crippen molar-refractivity contribution in [1.82, 2.24) is 15.1 Å². The van der Waals surface area contributed by atoms with Gasteiger partial charge in [-0.2, -0.15) is 9.78 Å². The highest BCUT2D eigenvalue weighted by Crippen LogP contribution is 2.27. The highest BCUT2D eigenvalue weighted by Gasteiger charge is 2.26. The summed E-state index contributed by atoms with van der Waals surface area (Å²) in [4.78, 5) is 26.3. The maximum Gasteiger partial charge on any atom is 0.292 e. The average molecular weight is 347 g/mol. The van der Waals surface area contributed by atoms with Gasteiger partial charge >= 0.3 is 0 Å². The Kier molecular flexibility index (Phi) is 4.85. The molecule has 0 bridgehead atoms. The first-order valence-electron chi connectivity index (χ1n) is 7.91. The lowest BCUT2D eigenvalue weighted by molar-refractivity contribution is -0.125. The van der Waals surface area contributed by atoms with Crippen molar-refractivity contribution in [2.75, 3.05) is 25.0 Å². The molecule has 2 heterocycles. The highest BCUT2D eigenvalue weighted by molar-refractivity contribution is 6.33. The minimum Gasteiger partial charge on any atom is -0.369 e. The molecule has 24 heavy (non-hydrogen) atoms. The molecular formula is C17H19ClN4O2. The van der Waals surface area contributed by atoms with Gasteiger partial charge in [0.05, 0.1) is 17.6 Å². The van der Waals surface area contributed by atoms with Gasteiger partial charge in [0, 0.05) is 26.1 Å². The second-order valence-corrected chi connectivity index (χ2v) is 6.15. The number of benzene rings is 1. The van der Waals surface area contributed by atoms with Crippen molar-refractivity contribution in [2.24, 2.45) is 5.92 Å². The number of hydrogen-bond donors (Lipinski definition) is 1. The SMILES string of the molecule is CNC(=O)C1CCN(c2cnn(-c3ccccc3)c(=O)c2Cl)CC1. The van der Waals surface area contributed by atoms with Gasteiger partial charge in [-0.3, -0.25) is 9.59 Å². The van der Waals surface area contributed by atoms with Crippen molar-refractivity contribution in [3.8, 4) is 5.69 Å².